The zero-order valence-corrected chi connectivity index (χ0v) is 7.66. The van der Waals surface area contributed by atoms with Crippen LogP contribution in [-0.2, 0) is 14.3 Å². The first-order chi connectivity index (χ1) is 5.45. The van der Waals surface area contributed by atoms with Crippen LogP contribution in [0.1, 0.15) is 20.8 Å². The molecule has 12 heavy (non-hydrogen) atoms. The van der Waals surface area contributed by atoms with E-state index in [0.29, 0.717) is 0 Å². The first kappa shape index (κ1) is 11.1. The highest BCUT2D eigenvalue weighted by atomic mass is 16.5. The second-order valence-corrected chi connectivity index (χ2v) is 3.08. The van der Waals surface area contributed by atoms with Gasteiger partial charge in [-0.25, -0.2) is 0 Å². The van der Waals surface area contributed by atoms with Crippen LogP contribution in [0.2, 0.25) is 0 Å². The van der Waals surface area contributed by atoms with Gasteiger partial charge in [-0.1, -0.05) is 13.8 Å². The van der Waals surface area contributed by atoms with Gasteiger partial charge in [-0.3, -0.25) is 9.59 Å². The van der Waals surface area contributed by atoms with Crippen molar-refractivity contribution in [3.63, 3.8) is 0 Å². The number of Topliss-reactive ketones (excluding diaryl/α,β-unsaturated/α-hetero) is 1. The van der Waals surface area contributed by atoms with E-state index in [0.717, 1.165) is 0 Å². The third kappa shape index (κ3) is 4.08. The van der Waals surface area contributed by atoms with Crippen LogP contribution < -0.4 is 5.73 Å². The fourth-order valence-electron chi connectivity index (χ4n) is 0.541. The summed E-state index contributed by atoms with van der Waals surface area (Å²) in [6, 6.07) is -0.635. The summed E-state index contributed by atoms with van der Waals surface area (Å²) in [7, 11) is 0. The van der Waals surface area contributed by atoms with Crippen LogP contribution in [0.15, 0.2) is 0 Å². The topological polar surface area (TPSA) is 69.4 Å². The predicted molar refractivity (Wildman–Crippen MR) is 44.5 cm³/mol. The lowest BCUT2D eigenvalue weighted by Gasteiger charge is -2.13. The van der Waals surface area contributed by atoms with Crippen molar-refractivity contribution < 1.29 is 14.3 Å². The standard InChI is InChI=1S/C8H15NO3/c1-5(2)7(9)8(11)12-4-6(3)10/h5,7H,4,9H2,1-3H3/t7-/m0/s1. The molecule has 0 aromatic rings. The number of ketones is 1. The Balaban J connectivity index is 3.80. The summed E-state index contributed by atoms with van der Waals surface area (Å²) in [5.41, 5.74) is 5.46. The van der Waals surface area contributed by atoms with Crippen molar-refractivity contribution in [2.24, 2.45) is 11.7 Å². The van der Waals surface area contributed by atoms with Gasteiger partial charge in [-0.05, 0) is 12.8 Å². The van der Waals surface area contributed by atoms with E-state index in [-0.39, 0.29) is 18.3 Å². The Morgan fingerprint density at radius 1 is 1.42 bits per heavy atom. The summed E-state index contributed by atoms with van der Waals surface area (Å²) in [5, 5.41) is 0. The largest absolute Gasteiger partial charge is 0.457 e. The third-order valence-electron chi connectivity index (χ3n) is 1.41. The van der Waals surface area contributed by atoms with E-state index in [1.54, 1.807) is 0 Å². The Hall–Kier alpha value is -0.900. The number of rotatable bonds is 4. The van der Waals surface area contributed by atoms with Crippen LogP contribution in [-0.4, -0.2) is 24.4 Å². The maximum absolute atomic E-state index is 11.0. The summed E-state index contributed by atoms with van der Waals surface area (Å²) < 4.78 is 4.61. The lowest BCUT2D eigenvalue weighted by Crippen LogP contribution is -2.37. The minimum atomic E-state index is -0.635. The zero-order valence-electron chi connectivity index (χ0n) is 7.66. The highest BCUT2D eigenvalue weighted by Crippen LogP contribution is 1.99. The lowest BCUT2D eigenvalue weighted by atomic mass is 10.1. The van der Waals surface area contributed by atoms with E-state index >= 15 is 0 Å². The molecule has 70 valence electrons. The average molecular weight is 173 g/mol. The molecule has 4 nitrogen and oxygen atoms in total. The molecule has 0 aliphatic rings. The number of ether oxygens (including phenoxy) is 1. The minimum absolute atomic E-state index is 0.0319. The van der Waals surface area contributed by atoms with Crippen LogP contribution in [0.25, 0.3) is 0 Å². The Kier molecular flexibility index (Phi) is 4.51. The molecule has 0 rings (SSSR count). The van der Waals surface area contributed by atoms with Crippen LogP contribution >= 0.6 is 0 Å². The monoisotopic (exact) mass is 173 g/mol. The molecule has 0 aromatic heterocycles. The molecule has 0 amide bonds. The fraction of sp³-hybridized carbons (Fsp3) is 0.750. The first-order valence-corrected chi connectivity index (χ1v) is 3.86. The molecule has 1 atom stereocenters. The molecular formula is C8H15NO3. The van der Waals surface area contributed by atoms with Crippen molar-refractivity contribution in [3.05, 3.63) is 0 Å². The van der Waals surface area contributed by atoms with Crippen molar-refractivity contribution in [2.75, 3.05) is 6.61 Å². The molecule has 0 saturated heterocycles. The van der Waals surface area contributed by atoms with E-state index in [2.05, 4.69) is 4.74 Å². The zero-order chi connectivity index (χ0) is 9.72. The summed E-state index contributed by atoms with van der Waals surface area (Å²) in [6.45, 7) is 4.81. The second-order valence-electron chi connectivity index (χ2n) is 3.08. The lowest BCUT2D eigenvalue weighted by molar-refractivity contribution is -0.149. The Morgan fingerprint density at radius 3 is 2.25 bits per heavy atom. The van der Waals surface area contributed by atoms with Gasteiger partial charge in [-0.2, -0.15) is 0 Å². The molecule has 0 spiro atoms. The van der Waals surface area contributed by atoms with E-state index < -0.39 is 12.0 Å². The third-order valence-corrected chi connectivity index (χ3v) is 1.41. The number of nitrogens with two attached hydrogens (primary N) is 1. The van der Waals surface area contributed by atoms with Gasteiger partial charge in [0.15, 0.2) is 5.78 Å². The summed E-state index contributed by atoms with van der Waals surface area (Å²) in [5.74, 6) is -0.663. The Morgan fingerprint density at radius 2 is 1.92 bits per heavy atom. The van der Waals surface area contributed by atoms with Crippen molar-refractivity contribution >= 4 is 11.8 Å². The SMILES string of the molecule is CC(=O)COC(=O)[C@@H](N)C(C)C. The first-order valence-electron chi connectivity index (χ1n) is 3.86. The molecule has 0 unspecified atom stereocenters. The number of hydrogen-bond acceptors (Lipinski definition) is 4. The molecule has 4 heteroatoms. The molecule has 0 bridgehead atoms. The molecular weight excluding hydrogens is 158 g/mol. The van der Waals surface area contributed by atoms with Gasteiger partial charge in [0.1, 0.15) is 12.6 Å². The summed E-state index contributed by atoms with van der Waals surface area (Å²) in [6.07, 6.45) is 0. The van der Waals surface area contributed by atoms with Crippen molar-refractivity contribution in [3.8, 4) is 0 Å². The summed E-state index contributed by atoms with van der Waals surface area (Å²) in [4.78, 5) is 21.4. The highest BCUT2D eigenvalue weighted by Gasteiger charge is 2.18. The highest BCUT2D eigenvalue weighted by molar-refractivity contribution is 5.82. The van der Waals surface area contributed by atoms with Crippen LogP contribution in [0, 0.1) is 5.92 Å². The number of hydrogen-bond donors (Lipinski definition) is 1. The van der Waals surface area contributed by atoms with Gasteiger partial charge in [0, 0.05) is 0 Å². The van der Waals surface area contributed by atoms with E-state index in [1.165, 1.54) is 6.92 Å². The molecule has 0 saturated carbocycles. The van der Waals surface area contributed by atoms with E-state index in [9.17, 15) is 9.59 Å². The van der Waals surface area contributed by atoms with Crippen molar-refractivity contribution in [2.45, 2.75) is 26.8 Å². The maximum atomic E-state index is 11.0. The smallest absolute Gasteiger partial charge is 0.323 e. The predicted octanol–water partition coefficient (Wildman–Crippen LogP) is 0.102. The van der Waals surface area contributed by atoms with Gasteiger partial charge in [-0.15, -0.1) is 0 Å². The Labute approximate surface area is 72.1 Å². The van der Waals surface area contributed by atoms with Gasteiger partial charge < -0.3 is 10.5 Å². The van der Waals surface area contributed by atoms with Gasteiger partial charge in [0.25, 0.3) is 0 Å². The molecule has 0 aliphatic heterocycles. The molecule has 0 fully saturated rings. The van der Waals surface area contributed by atoms with E-state index in [1.807, 2.05) is 13.8 Å². The maximum Gasteiger partial charge on any atom is 0.323 e. The number of carbonyl (C=O) groups excluding carboxylic acids is 2. The van der Waals surface area contributed by atoms with Crippen molar-refractivity contribution in [1.82, 2.24) is 0 Å². The molecule has 0 heterocycles. The van der Waals surface area contributed by atoms with Gasteiger partial charge in [0.2, 0.25) is 0 Å². The fourth-order valence-corrected chi connectivity index (χ4v) is 0.541. The molecule has 0 aliphatic carbocycles. The number of carbonyl (C=O) groups is 2. The summed E-state index contributed by atoms with van der Waals surface area (Å²) >= 11 is 0. The van der Waals surface area contributed by atoms with Gasteiger partial charge in [0.05, 0.1) is 0 Å². The van der Waals surface area contributed by atoms with Crippen LogP contribution in [0.4, 0.5) is 0 Å². The molecule has 0 radical (unpaired) electrons. The quantitative estimate of drug-likeness (QED) is 0.612. The second kappa shape index (κ2) is 4.87. The Bertz CT molecular complexity index is 177. The molecule has 2 N–H and O–H groups in total. The van der Waals surface area contributed by atoms with E-state index in [4.69, 9.17) is 5.73 Å². The number of esters is 1. The normalized spacial score (nSPS) is 12.8. The average Bonchev–Trinajstić information content (AvgIpc) is 1.98. The van der Waals surface area contributed by atoms with Crippen LogP contribution in [0.5, 0.6) is 0 Å². The minimum Gasteiger partial charge on any atom is -0.457 e. The van der Waals surface area contributed by atoms with Gasteiger partial charge >= 0.3 is 5.97 Å². The van der Waals surface area contributed by atoms with Crippen LogP contribution in [0.3, 0.4) is 0 Å². The molecule has 0 aromatic carbocycles. The van der Waals surface area contributed by atoms with Crippen molar-refractivity contribution in [1.29, 1.82) is 0 Å².